The predicted molar refractivity (Wildman–Crippen MR) is 71.0 cm³/mol. The van der Waals surface area contributed by atoms with Crippen molar-refractivity contribution in [2.75, 3.05) is 5.33 Å². The van der Waals surface area contributed by atoms with E-state index in [1.165, 1.54) is 18.9 Å². The van der Waals surface area contributed by atoms with E-state index in [0.717, 1.165) is 16.4 Å². The molecule has 78 valence electrons. The molecule has 1 fully saturated rings. The summed E-state index contributed by atoms with van der Waals surface area (Å²) in [7, 11) is -0.954. The predicted octanol–water partition coefficient (Wildman–Crippen LogP) is 4.80. The molecule has 3 heteroatoms. The molecule has 1 saturated heterocycles. The van der Waals surface area contributed by atoms with Crippen LogP contribution in [-0.2, 0) is 0 Å². The standard InChI is InChI=1S/C10H20Br2Si/c1-8-4-5-9(2)13(8,3)7-10(12)6-11/h8-10H,4-7H2,1-3H3. The molecule has 1 aliphatic rings. The monoisotopic (exact) mass is 326 g/mol. The third kappa shape index (κ3) is 2.60. The third-order valence-electron chi connectivity index (χ3n) is 4.11. The van der Waals surface area contributed by atoms with Crippen LogP contribution in [0.3, 0.4) is 0 Å². The first-order valence-corrected chi connectivity index (χ1v) is 10.1. The van der Waals surface area contributed by atoms with Gasteiger partial charge in [-0.1, -0.05) is 65.1 Å². The van der Waals surface area contributed by atoms with Crippen molar-refractivity contribution in [2.24, 2.45) is 0 Å². The van der Waals surface area contributed by atoms with Crippen LogP contribution in [0.5, 0.6) is 0 Å². The summed E-state index contributed by atoms with van der Waals surface area (Å²) in [5, 5.41) is 1.11. The number of alkyl halides is 2. The smallest absolute Gasteiger partial charge is 0.0572 e. The van der Waals surface area contributed by atoms with Gasteiger partial charge in [0.05, 0.1) is 8.07 Å². The second-order valence-electron chi connectivity index (χ2n) is 4.84. The summed E-state index contributed by atoms with van der Waals surface area (Å²) in [6.45, 7) is 7.56. The third-order valence-corrected chi connectivity index (χ3v) is 13.5. The number of halogens is 2. The molecule has 0 radical (unpaired) electrons. The van der Waals surface area contributed by atoms with Gasteiger partial charge in [0, 0.05) is 10.2 Å². The van der Waals surface area contributed by atoms with E-state index < -0.39 is 8.07 Å². The molecule has 1 heterocycles. The number of hydrogen-bond donors (Lipinski definition) is 0. The van der Waals surface area contributed by atoms with Crippen molar-refractivity contribution in [3.8, 4) is 0 Å². The molecule has 0 aromatic carbocycles. The molecule has 0 aromatic heterocycles. The average Bonchev–Trinajstić information content (AvgIpc) is 2.33. The molecule has 0 bridgehead atoms. The fourth-order valence-corrected chi connectivity index (χ4v) is 9.85. The lowest BCUT2D eigenvalue weighted by molar-refractivity contribution is 0.765. The SMILES string of the molecule is CC1CCC(C)[Si]1(C)CC(Br)CBr. The van der Waals surface area contributed by atoms with Crippen LogP contribution >= 0.6 is 31.9 Å². The van der Waals surface area contributed by atoms with E-state index >= 15 is 0 Å². The molecule has 0 nitrogen and oxygen atoms in total. The van der Waals surface area contributed by atoms with E-state index in [-0.39, 0.29) is 0 Å². The molecule has 3 unspecified atom stereocenters. The van der Waals surface area contributed by atoms with E-state index in [2.05, 4.69) is 52.3 Å². The summed E-state index contributed by atoms with van der Waals surface area (Å²) >= 11 is 7.33. The Hall–Kier alpha value is 1.18. The molecule has 0 aliphatic carbocycles. The van der Waals surface area contributed by atoms with Crippen molar-refractivity contribution in [1.29, 1.82) is 0 Å². The fraction of sp³-hybridized carbons (Fsp3) is 1.00. The van der Waals surface area contributed by atoms with Crippen molar-refractivity contribution in [1.82, 2.24) is 0 Å². The van der Waals surface area contributed by atoms with Gasteiger partial charge in [-0.2, -0.15) is 0 Å². The van der Waals surface area contributed by atoms with Crippen LogP contribution in [0.15, 0.2) is 0 Å². The van der Waals surface area contributed by atoms with Gasteiger partial charge in [-0.05, 0) is 17.1 Å². The molecule has 0 aromatic rings. The van der Waals surface area contributed by atoms with Gasteiger partial charge in [-0.15, -0.1) is 0 Å². The Morgan fingerprint density at radius 1 is 1.31 bits per heavy atom. The minimum atomic E-state index is -0.954. The van der Waals surface area contributed by atoms with Crippen molar-refractivity contribution in [2.45, 2.75) is 55.2 Å². The molecule has 0 N–H and O–H groups in total. The van der Waals surface area contributed by atoms with Crippen molar-refractivity contribution < 1.29 is 0 Å². The summed E-state index contributed by atoms with van der Waals surface area (Å²) in [4.78, 5) is 0.701. The highest BCUT2D eigenvalue weighted by atomic mass is 79.9. The second-order valence-corrected chi connectivity index (χ2v) is 12.2. The zero-order valence-corrected chi connectivity index (χ0v) is 13.0. The Morgan fingerprint density at radius 3 is 2.15 bits per heavy atom. The second kappa shape index (κ2) is 4.80. The highest BCUT2D eigenvalue weighted by Gasteiger charge is 2.44. The molecule has 3 atom stereocenters. The fourth-order valence-electron chi connectivity index (χ4n) is 2.58. The van der Waals surface area contributed by atoms with E-state index in [0.29, 0.717) is 4.83 Å². The Labute approximate surface area is 100 Å². The molecule has 0 spiro atoms. The lowest BCUT2D eigenvalue weighted by Crippen LogP contribution is -2.37. The highest BCUT2D eigenvalue weighted by Crippen LogP contribution is 2.49. The van der Waals surface area contributed by atoms with E-state index in [4.69, 9.17) is 0 Å². The molecule has 13 heavy (non-hydrogen) atoms. The quantitative estimate of drug-likeness (QED) is 0.516. The van der Waals surface area contributed by atoms with Gasteiger partial charge in [0.1, 0.15) is 0 Å². The molecular weight excluding hydrogens is 308 g/mol. The minimum Gasteiger partial charge on any atom is -0.0916 e. The molecule has 0 amide bonds. The van der Waals surface area contributed by atoms with Crippen LogP contribution < -0.4 is 0 Å². The Bertz CT molecular complexity index is 162. The Morgan fingerprint density at radius 2 is 1.77 bits per heavy atom. The highest BCUT2D eigenvalue weighted by molar-refractivity contribution is 9.12. The summed E-state index contributed by atoms with van der Waals surface area (Å²) in [6.07, 6.45) is 2.96. The van der Waals surface area contributed by atoms with Crippen LogP contribution in [0.25, 0.3) is 0 Å². The summed E-state index contributed by atoms with van der Waals surface area (Å²) in [6, 6.07) is 1.45. The Kier molecular flexibility index (Phi) is 4.52. The topological polar surface area (TPSA) is 0 Å². The van der Waals surface area contributed by atoms with Gasteiger partial charge in [-0.25, -0.2) is 0 Å². The van der Waals surface area contributed by atoms with Gasteiger partial charge in [0.15, 0.2) is 0 Å². The largest absolute Gasteiger partial charge is 0.0916 e. The maximum atomic E-state index is 3.76. The first-order chi connectivity index (χ1) is 6.00. The zero-order valence-electron chi connectivity index (χ0n) is 8.82. The van der Waals surface area contributed by atoms with Crippen molar-refractivity contribution in [3.63, 3.8) is 0 Å². The maximum Gasteiger partial charge on any atom is 0.0572 e. The van der Waals surface area contributed by atoms with Crippen LogP contribution in [0.1, 0.15) is 26.7 Å². The van der Waals surface area contributed by atoms with E-state index in [1.54, 1.807) is 0 Å². The summed E-state index contributed by atoms with van der Waals surface area (Å²) in [5.41, 5.74) is 2.06. The molecule has 0 saturated carbocycles. The van der Waals surface area contributed by atoms with Crippen molar-refractivity contribution in [3.05, 3.63) is 0 Å². The first-order valence-electron chi connectivity index (χ1n) is 5.20. The number of hydrogen-bond acceptors (Lipinski definition) is 0. The average molecular weight is 328 g/mol. The first kappa shape index (κ1) is 12.2. The van der Waals surface area contributed by atoms with Gasteiger partial charge < -0.3 is 0 Å². The van der Waals surface area contributed by atoms with Gasteiger partial charge >= 0.3 is 0 Å². The van der Waals surface area contributed by atoms with Gasteiger partial charge in [0.25, 0.3) is 0 Å². The summed E-state index contributed by atoms with van der Waals surface area (Å²) in [5.74, 6) is 0. The lowest BCUT2D eigenvalue weighted by Gasteiger charge is -2.33. The Balaban J connectivity index is 2.62. The molecule has 1 aliphatic heterocycles. The molecule has 1 rings (SSSR count). The van der Waals surface area contributed by atoms with Crippen LogP contribution in [-0.4, -0.2) is 18.2 Å². The van der Waals surface area contributed by atoms with Gasteiger partial charge in [-0.3, -0.25) is 0 Å². The maximum absolute atomic E-state index is 3.76. The number of rotatable bonds is 3. The van der Waals surface area contributed by atoms with Crippen LogP contribution in [0, 0.1) is 0 Å². The van der Waals surface area contributed by atoms with E-state index in [9.17, 15) is 0 Å². The zero-order chi connectivity index (χ0) is 10.1. The summed E-state index contributed by atoms with van der Waals surface area (Å²) < 4.78 is 0. The van der Waals surface area contributed by atoms with Crippen molar-refractivity contribution >= 4 is 39.9 Å². The molecular formula is C10H20Br2Si. The normalized spacial score (nSPS) is 42.2. The lowest BCUT2D eigenvalue weighted by atomic mass is 10.2. The van der Waals surface area contributed by atoms with Crippen LogP contribution in [0.4, 0.5) is 0 Å². The minimum absolute atomic E-state index is 0.701. The van der Waals surface area contributed by atoms with Crippen LogP contribution in [0.2, 0.25) is 23.7 Å². The van der Waals surface area contributed by atoms with E-state index in [1.807, 2.05) is 0 Å². The van der Waals surface area contributed by atoms with Gasteiger partial charge in [0.2, 0.25) is 0 Å².